The molecule has 0 aliphatic rings. The van der Waals surface area contributed by atoms with Gasteiger partial charge >= 0.3 is 5.97 Å². The Hall–Kier alpha value is -1.06. The van der Waals surface area contributed by atoms with Gasteiger partial charge in [0.1, 0.15) is 0 Å². The Bertz CT molecular complexity index is 284. The fraction of sp³-hybridized carbons (Fsp3) is 0.846. The average molecular weight is 243 g/mol. The Labute approximate surface area is 104 Å². The van der Waals surface area contributed by atoms with E-state index in [4.69, 9.17) is 5.11 Å². The van der Waals surface area contributed by atoms with Gasteiger partial charge in [0.15, 0.2) is 0 Å². The van der Waals surface area contributed by atoms with Crippen LogP contribution in [0.3, 0.4) is 0 Å². The summed E-state index contributed by atoms with van der Waals surface area (Å²) in [6.07, 6.45) is 0. The van der Waals surface area contributed by atoms with Crippen LogP contribution >= 0.6 is 0 Å². The molecular formula is C13H25NO3. The van der Waals surface area contributed by atoms with Gasteiger partial charge in [0.05, 0.1) is 5.92 Å². The van der Waals surface area contributed by atoms with E-state index in [-0.39, 0.29) is 11.3 Å². The van der Waals surface area contributed by atoms with E-state index in [1.165, 1.54) is 0 Å². The summed E-state index contributed by atoms with van der Waals surface area (Å²) in [5, 5.41) is 11.7. The molecule has 0 bridgehead atoms. The second-order valence-corrected chi connectivity index (χ2v) is 5.78. The monoisotopic (exact) mass is 243 g/mol. The van der Waals surface area contributed by atoms with Crippen LogP contribution < -0.4 is 5.32 Å². The highest BCUT2D eigenvalue weighted by atomic mass is 16.4. The van der Waals surface area contributed by atoms with E-state index in [1.807, 2.05) is 0 Å². The summed E-state index contributed by atoms with van der Waals surface area (Å²) >= 11 is 0. The van der Waals surface area contributed by atoms with Crippen molar-refractivity contribution in [1.29, 1.82) is 0 Å². The fourth-order valence-electron chi connectivity index (χ4n) is 1.12. The third-order valence-electron chi connectivity index (χ3n) is 3.83. The van der Waals surface area contributed by atoms with Crippen molar-refractivity contribution in [3.63, 3.8) is 0 Å². The van der Waals surface area contributed by atoms with Crippen molar-refractivity contribution in [2.75, 3.05) is 6.54 Å². The normalized spacial score (nSPS) is 15.5. The molecule has 0 aromatic heterocycles. The molecule has 2 unspecified atom stereocenters. The first-order valence-corrected chi connectivity index (χ1v) is 6.10. The topological polar surface area (TPSA) is 66.4 Å². The molecule has 0 radical (unpaired) electrons. The maximum Gasteiger partial charge on any atom is 0.307 e. The number of aliphatic carboxylic acids is 1. The molecule has 0 spiro atoms. The van der Waals surface area contributed by atoms with E-state index < -0.39 is 17.8 Å². The van der Waals surface area contributed by atoms with Crippen LogP contribution in [0, 0.1) is 23.2 Å². The molecule has 1 amide bonds. The van der Waals surface area contributed by atoms with E-state index in [0.717, 1.165) is 0 Å². The number of carboxylic acids is 1. The van der Waals surface area contributed by atoms with Gasteiger partial charge in [-0.1, -0.05) is 41.5 Å². The summed E-state index contributed by atoms with van der Waals surface area (Å²) < 4.78 is 0. The molecule has 4 nitrogen and oxygen atoms in total. The molecule has 2 N–H and O–H groups in total. The summed E-state index contributed by atoms with van der Waals surface area (Å²) in [6, 6.07) is 0. The van der Waals surface area contributed by atoms with Crippen LogP contribution in [0.25, 0.3) is 0 Å². The Morgan fingerprint density at radius 2 is 1.59 bits per heavy atom. The van der Waals surface area contributed by atoms with Gasteiger partial charge < -0.3 is 10.4 Å². The fourth-order valence-corrected chi connectivity index (χ4v) is 1.12. The molecule has 0 aliphatic carbocycles. The Balaban J connectivity index is 4.33. The first-order valence-electron chi connectivity index (χ1n) is 6.10. The Morgan fingerprint density at radius 3 is 1.94 bits per heavy atom. The predicted molar refractivity (Wildman–Crippen MR) is 67.6 cm³/mol. The largest absolute Gasteiger partial charge is 0.481 e. The number of carbonyl (C=O) groups excluding carboxylic acids is 1. The highest BCUT2D eigenvalue weighted by Gasteiger charge is 2.28. The molecule has 0 saturated heterocycles. The van der Waals surface area contributed by atoms with E-state index in [1.54, 1.807) is 13.8 Å². The lowest BCUT2D eigenvalue weighted by Crippen LogP contribution is -2.41. The molecule has 0 heterocycles. The molecule has 17 heavy (non-hydrogen) atoms. The van der Waals surface area contributed by atoms with E-state index in [0.29, 0.717) is 12.5 Å². The summed E-state index contributed by atoms with van der Waals surface area (Å²) in [5.74, 6) is -1.83. The summed E-state index contributed by atoms with van der Waals surface area (Å²) in [6.45, 7) is 12.2. The molecule has 0 aliphatic heterocycles. The summed E-state index contributed by atoms with van der Waals surface area (Å²) in [5.41, 5.74) is 0.0157. The van der Waals surface area contributed by atoms with Crippen LogP contribution in [-0.2, 0) is 9.59 Å². The van der Waals surface area contributed by atoms with Crippen LogP contribution in [0.4, 0.5) is 0 Å². The SMILES string of the molecule is CC(C(=O)O)C(C)C(=O)NCC(C)(C)C(C)C. The molecule has 0 saturated carbocycles. The maximum absolute atomic E-state index is 11.8. The van der Waals surface area contributed by atoms with Crippen molar-refractivity contribution in [2.45, 2.75) is 41.5 Å². The van der Waals surface area contributed by atoms with Crippen molar-refractivity contribution in [1.82, 2.24) is 5.32 Å². The molecule has 0 fully saturated rings. The van der Waals surface area contributed by atoms with Gasteiger partial charge in [0.2, 0.25) is 5.91 Å². The molecule has 4 heteroatoms. The van der Waals surface area contributed by atoms with Crippen molar-refractivity contribution in [3.8, 4) is 0 Å². The lowest BCUT2D eigenvalue weighted by atomic mass is 9.81. The van der Waals surface area contributed by atoms with Crippen LogP contribution in [0.15, 0.2) is 0 Å². The second-order valence-electron chi connectivity index (χ2n) is 5.78. The smallest absolute Gasteiger partial charge is 0.307 e. The number of nitrogens with one attached hydrogen (secondary N) is 1. The van der Waals surface area contributed by atoms with Gasteiger partial charge in [-0.25, -0.2) is 0 Å². The second kappa shape index (κ2) is 6.03. The Kier molecular flexibility index (Phi) is 5.66. The molecular weight excluding hydrogens is 218 g/mol. The zero-order chi connectivity index (χ0) is 13.8. The predicted octanol–water partition coefficient (Wildman–Crippen LogP) is 2.14. The van der Waals surface area contributed by atoms with Crippen molar-refractivity contribution in [3.05, 3.63) is 0 Å². The highest BCUT2D eigenvalue weighted by molar-refractivity contribution is 5.84. The first-order chi connectivity index (χ1) is 7.59. The number of hydrogen-bond donors (Lipinski definition) is 2. The van der Waals surface area contributed by atoms with Crippen LogP contribution in [0.1, 0.15) is 41.5 Å². The molecule has 0 aromatic carbocycles. The van der Waals surface area contributed by atoms with E-state index >= 15 is 0 Å². The van der Waals surface area contributed by atoms with Crippen LogP contribution in [0.2, 0.25) is 0 Å². The zero-order valence-corrected chi connectivity index (χ0v) is 11.7. The molecule has 2 atom stereocenters. The maximum atomic E-state index is 11.8. The Morgan fingerprint density at radius 1 is 1.12 bits per heavy atom. The summed E-state index contributed by atoms with van der Waals surface area (Å²) in [4.78, 5) is 22.6. The first kappa shape index (κ1) is 15.9. The molecule has 0 rings (SSSR count). The van der Waals surface area contributed by atoms with Crippen molar-refractivity contribution in [2.24, 2.45) is 23.2 Å². The van der Waals surface area contributed by atoms with Crippen LogP contribution in [0.5, 0.6) is 0 Å². The van der Waals surface area contributed by atoms with Gasteiger partial charge in [-0.3, -0.25) is 9.59 Å². The van der Waals surface area contributed by atoms with Gasteiger partial charge in [-0.2, -0.15) is 0 Å². The van der Waals surface area contributed by atoms with Crippen LogP contribution in [-0.4, -0.2) is 23.5 Å². The summed E-state index contributed by atoms with van der Waals surface area (Å²) in [7, 11) is 0. The number of carboxylic acid groups (broad SMARTS) is 1. The van der Waals surface area contributed by atoms with Gasteiger partial charge in [0, 0.05) is 12.5 Å². The molecule has 100 valence electrons. The van der Waals surface area contributed by atoms with Gasteiger partial charge in [0.25, 0.3) is 0 Å². The highest BCUT2D eigenvalue weighted by Crippen LogP contribution is 2.25. The van der Waals surface area contributed by atoms with Crippen molar-refractivity contribution < 1.29 is 14.7 Å². The minimum absolute atomic E-state index is 0.0157. The third kappa shape index (κ3) is 4.75. The van der Waals surface area contributed by atoms with Gasteiger partial charge in [-0.15, -0.1) is 0 Å². The number of rotatable bonds is 6. The minimum Gasteiger partial charge on any atom is -0.481 e. The number of carbonyl (C=O) groups is 2. The van der Waals surface area contributed by atoms with E-state index in [9.17, 15) is 9.59 Å². The molecule has 0 aromatic rings. The van der Waals surface area contributed by atoms with Gasteiger partial charge in [-0.05, 0) is 11.3 Å². The zero-order valence-electron chi connectivity index (χ0n) is 11.7. The van der Waals surface area contributed by atoms with Crippen molar-refractivity contribution >= 4 is 11.9 Å². The number of hydrogen-bond acceptors (Lipinski definition) is 2. The third-order valence-corrected chi connectivity index (χ3v) is 3.83. The van der Waals surface area contributed by atoms with E-state index in [2.05, 4.69) is 33.0 Å². The minimum atomic E-state index is -0.934. The quantitative estimate of drug-likeness (QED) is 0.751. The average Bonchev–Trinajstić information content (AvgIpc) is 2.23. The number of amides is 1. The lowest BCUT2D eigenvalue weighted by Gasteiger charge is -2.30. The lowest BCUT2D eigenvalue weighted by molar-refractivity contribution is -0.146. The standard InChI is InChI=1S/C13H25NO3/c1-8(2)13(5,6)7-14-11(15)9(3)10(4)12(16)17/h8-10H,7H2,1-6H3,(H,14,15)(H,16,17).